The Labute approximate surface area is 244 Å². The van der Waals surface area contributed by atoms with Crippen LogP contribution in [0.2, 0.25) is 0 Å². The molecule has 0 heterocycles. The first-order valence-corrected chi connectivity index (χ1v) is 12.0. The minimum atomic E-state index is -7.20. The predicted molar refractivity (Wildman–Crippen MR) is 115 cm³/mol. The second kappa shape index (κ2) is 13.2. The van der Waals surface area contributed by atoms with E-state index in [4.69, 9.17) is 9.47 Å². The van der Waals surface area contributed by atoms with Gasteiger partial charge in [0.15, 0.2) is 11.5 Å². The average molecular weight is 719 g/mol. The van der Waals surface area contributed by atoms with Crippen molar-refractivity contribution in [2.75, 3.05) is 13.2 Å². The molecule has 268 valence electrons. The van der Waals surface area contributed by atoms with E-state index in [0.717, 1.165) is 6.92 Å². The number of benzene rings is 1. The first-order chi connectivity index (χ1) is 20.3. The smallest absolute Gasteiger partial charge is 0.460 e. The number of rotatable bonds is 16. The van der Waals surface area contributed by atoms with E-state index in [1.807, 2.05) is 0 Å². The Morgan fingerprint density at radius 3 is 1.26 bits per heavy atom. The Kier molecular flexibility index (Phi) is 11.7. The molecule has 0 bridgehead atoms. The number of nitro groups is 1. The molecule has 0 radical (unpaired) electrons. The zero-order chi connectivity index (χ0) is 36.5. The van der Waals surface area contributed by atoms with Crippen molar-refractivity contribution in [3.8, 4) is 11.5 Å². The van der Waals surface area contributed by atoms with Gasteiger partial charge in [-0.25, -0.2) is 0 Å². The van der Waals surface area contributed by atoms with E-state index in [-0.39, 0.29) is 0 Å². The summed E-state index contributed by atoms with van der Waals surface area (Å²) in [5.41, 5.74) is -1.73. The fourth-order valence-corrected chi connectivity index (χ4v) is 3.37. The molecule has 1 atom stereocenters. The highest BCUT2D eigenvalue weighted by atomic mass is 19.4. The second-order valence-corrected chi connectivity index (χ2v) is 9.40. The molecule has 0 aliphatic carbocycles. The quantitative estimate of drug-likeness (QED) is 0.0799. The minimum Gasteiger partial charge on any atom is -0.490 e. The predicted octanol–water partition coefficient (Wildman–Crippen LogP) is 8.90. The molecule has 0 spiro atoms. The van der Waals surface area contributed by atoms with Gasteiger partial charge in [0.2, 0.25) is 0 Å². The standard InChI is InChI=1S/C22H19F18NO5/c1-10(42)11-8-13(45-6-2-4-15(23,24)17(27,28)19(31,32)21(35,36)37)14(9-12(11)41(43)44)46-7-3-5-16(25,26)18(29,30)20(33,34)22(38,39)40/h8-10,42H,2-7H2,1H3. The lowest BCUT2D eigenvalue weighted by atomic mass is 10.00. The SMILES string of the molecule is CC(O)c1cc(OCCCC(F)(F)C(F)(F)C(F)(F)C(F)(F)F)c(OCCCC(F)(F)C(F)(F)C(F)(F)C(F)(F)F)cc1[N+](=O)[O-]. The summed E-state index contributed by atoms with van der Waals surface area (Å²) in [7, 11) is 0. The van der Waals surface area contributed by atoms with Crippen LogP contribution in [0.5, 0.6) is 11.5 Å². The number of nitrogens with zero attached hydrogens (tertiary/aromatic N) is 1. The molecule has 1 aromatic carbocycles. The molecule has 0 aromatic heterocycles. The second-order valence-electron chi connectivity index (χ2n) is 9.40. The highest BCUT2D eigenvalue weighted by Crippen LogP contribution is 2.55. The van der Waals surface area contributed by atoms with Crippen LogP contribution in [0.15, 0.2) is 12.1 Å². The number of alkyl halides is 18. The topological polar surface area (TPSA) is 81.8 Å². The lowest BCUT2D eigenvalue weighted by molar-refractivity contribution is -0.396. The van der Waals surface area contributed by atoms with E-state index >= 15 is 0 Å². The van der Waals surface area contributed by atoms with Crippen molar-refractivity contribution in [1.82, 2.24) is 0 Å². The molecular weight excluding hydrogens is 700 g/mol. The zero-order valence-corrected chi connectivity index (χ0v) is 22.3. The molecule has 46 heavy (non-hydrogen) atoms. The van der Waals surface area contributed by atoms with Gasteiger partial charge in [-0.2, -0.15) is 79.0 Å². The normalized spacial score (nSPS) is 15.1. The summed E-state index contributed by atoms with van der Waals surface area (Å²) in [5, 5.41) is 21.0. The highest BCUT2D eigenvalue weighted by molar-refractivity contribution is 5.55. The van der Waals surface area contributed by atoms with Crippen LogP contribution < -0.4 is 9.47 Å². The highest BCUT2D eigenvalue weighted by Gasteiger charge is 2.82. The van der Waals surface area contributed by atoms with Gasteiger partial charge in [-0.3, -0.25) is 10.1 Å². The molecule has 0 aliphatic heterocycles. The number of hydrogen-bond donors (Lipinski definition) is 1. The maximum Gasteiger partial charge on any atom is 0.460 e. The van der Waals surface area contributed by atoms with E-state index < -0.39 is 121 Å². The van der Waals surface area contributed by atoms with E-state index in [9.17, 15) is 94.2 Å². The number of ether oxygens (including phenoxy) is 2. The Balaban J connectivity index is 3.18. The summed E-state index contributed by atoms with van der Waals surface area (Å²) in [5.74, 6) is -42.3. The van der Waals surface area contributed by atoms with Crippen molar-refractivity contribution in [2.24, 2.45) is 0 Å². The van der Waals surface area contributed by atoms with E-state index in [0.29, 0.717) is 12.1 Å². The maximum atomic E-state index is 13.7. The minimum absolute atomic E-state index is 0.328. The number of halogens is 18. The van der Waals surface area contributed by atoms with Gasteiger partial charge in [0.05, 0.1) is 35.9 Å². The molecular formula is C22H19F18NO5. The van der Waals surface area contributed by atoms with Crippen molar-refractivity contribution in [2.45, 2.75) is 86.6 Å². The maximum absolute atomic E-state index is 13.7. The number of aliphatic hydroxyl groups excluding tert-OH is 1. The van der Waals surface area contributed by atoms with Crippen LogP contribution in [-0.2, 0) is 0 Å². The summed E-state index contributed by atoms with van der Waals surface area (Å²) in [4.78, 5) is 10.1. The van der Waals surface area contributed by atoms with Crippen molar-refractivity contribution < 1.29 is 98.5 Å². The van der Waals surface area contributed by atoms with Crippen LogP contribution in [0.3, 0.4) is 0 Å². The Hall–Kier alpha value is -3.08. The number of hydrogen-bond acceptors (Lipinski definition) is 5. The van der Waals surface area contributed by atoms with Crippen LogP contribution >= 0.6 is 0 Å². The molecule has 0 amide bonds. The Bertz CT molecular complexity index is 1210. The molecule has 0 saturated heterocycles. The van der Waals surface area contributed by atoms with E-state index in [2.05, 4.69) is 0 Å². The molecule has 6 nitrogen and oxygen atoms in total. The summed E-state index contributed by atoms with van der Waals surface area (Å²) >= 11 is 0. The van der Waals surface area contributed by atoms with Crippen molar-refractivity contribution in [3.05, 3.63) is 27.8 Å². The van der Waals surface area contributed by atoms with Gasteiger partial charge >= 0.3 is 47.9 Å². The third-order valence-corrected chi connectivity index (χ3v) is 5.94. The molecule has 0 fully saturated rings. The molecule has 0 aliphatic rings. The van der Waals surface area contributed by atoms with E-state index in [1.165, 1.54) is 0 Å². The Morgan fingerprint density at radius 1 is 0.652 bits per heavy atom. The first kappa shape index (κ1) is 40.9. The molecule has 1 rings (SSSR count). The first-order valence-electron chi connectivity index (χ1n) is 12.0. The van der Waals surface area contributed by atoms with Gasteiger partial charge < -0.3 is 14.6 Å². The lowest BCUT2D eigenvalue weighted by Gasteiger charge is -2.33. The molecule has 1 N–H and O–H groups in total. The van der Waals surface area contributed by atoms with Gasteiger partial charge in [0.25, 0.3) is 5.69 Å². The molecule has 1 aromatic rings. The molecule has 24 heteroatoms. The van der Waals surface area contributed by atoms with Crippen LogP contribution in [0.4, 0.5) is 84.7 Å². The summed E-state index contributed by atoms with van der Waals surface area (Å²) in [6, 6.07) is 0.823. The van der Waals surface area contributed by atoms with E-state index in [1.54, 1.807) is 0 Å². The van der Waals surface area contributed by atoms with Crippen LogP contribution in [-0.4, -0.2) is 71.1 Å². The van der Waals surface area contributed by atoms with Gasteiger partial charge in [-0.15, -0.1) is 0 Å². The van der Waals surface area contributed by atoms with Crippen LogP contribution in [0.25, 0.3) is 0 Å². The van der Waals surface area contributed by atoms with Gasteiger partial charge in [-0.1, -0.05) is 0 Å². The van der Waals surface area contributed by atoms with Crippen molar-refractivity contribution >= 4 is 5.69 Å². The number of aliphatic hydroxyl groups is 1. The summed E-state index contributed by atoms with van der Waals surface area (Å²) < 4.78 is 244. The summed E-state index contributed by atoms with van der Waals surface area (Å²) in [6.45, 7) is -1.73. The fraction of sp³-hybridized carbons (Fsp3) is 0.727. The zero-order valence-electron chi connectivity index (χ0n) is 22.3. The van der Waals surface area contributed by atoms with Crippen LogP contribution in [0.1, 0.15) is 44.3 Å². The van der Waals surface area contributed by atoms with Gasteiger partial charge in [0.1, 0.15) is 0 Å². The van der Waals surface area contributed by atoms with Gasteiger partial charge in [0, 0.05) is 12.8 Å². The summed E-state index contributed by atoms with van der Waals surface area (Å²) in [6.07, 6.45) is -23.7. The van der Waals surface area contributed by atoms with Crippen molar-refractivity contribution in [1.29, 1.82) is 0 Å². The lowest BCUT2D eigenvalue weighted by Crippen LogP contribution is -2.60. The van der Waals surface area contributed by atoms with Gasteiger partial charge in [-0.05, 0) is 25.8 Å². The number of nitro benzene ring substituents is 1. The molecule has 1 unspecified atom stereocenters. The van der Waals surface area contributed by atoms with Crippen LogP contribution in [0, 0.1) is 10.1 Å². The molecule has 0 saturated carbocycles. The third-order valence-electron chi connectivity index (χ3n) is 5.94. The average Bonchev–Trinajstić information content (AvgIpc) is 2.87. The fourth-order valence-electron chi connectivity index (χ4n) is 3.37. The monoisotopic (exact) mass is 719 g/mol. The van der Waals surface area contributed by atoms with Crippen molar-refractivity contribution in [3.63, 3.8) is 0 Å². The Morgan fingerprint density at radius 2 is 0.978 bits per heavy atom. The largest absolute Gasteiger partial charge is 0.490 e. The third kappa shape index (κ3) is 7.89.